The number of esters is 3. The molecule has 0 spiro atoms. The third-order valence-electron chi connectivity index (χ3n) is 14.4. The lowest BCUT2D eigenvalue weighted by Gasteiger charge is -2.18. The van der Waals surface area contributed by atoms with E-state index in [1.807, 2.05) is 6.08 Å². The minimum Gasteiger partial charge on any atom is -0.462 e. The Kier molecular flexibility index (Phi) is 62.2. The van der Waals surface area contributed by atoms with Gasteiger partial charge in [0.15, 0.2) is 6.10 Å². The molecule has 77 heavy (non-hydrogen) atoms. The second-order valence-electron chi connectivity index (χ2n) is 22.0. The van der Waals surface area contributed by atoms with E-state index in [1.54, 1.807) is 6.08 Å². The van der Waals surface area contributed by atoms with Crippen LogP contribution >= 0.6 is 0 Å². The molecular formula is C71H124O6. The zero-order valence-corrected chi connectivity index (χ0v) is 51.0. The molecule has 0 aliphatic carbocycles. The van der Waals surface area contributed by atoms with Crippen LogP contribution in [0.2, 0.25) is 0 Å². The van der Waals surface area contributed by atoms with Gasteiger partial charge in [0.25, 0.3) is 0 Å². The van der Waals surface area contributed by atoms with Gasteiger partial charge in [-0.1, -0.05) is 298 Å². The van der Waals surface area contributed by atoms with E-state index >= 15 is 0 Å². The van der Waals surface area contributed by atoms with Gasteiger partial charge in [-0.05, 0) is 96.3 Å². The van der Waals surface area contributed by atoms with Crippen molar-refractivity contribution in [1.82, 2.24) is 0 Å². The molecule has 0 aliphatic heterocycles. The summed E-state index contributed by atoms with van der Waals surface area (Å²) >= 11 is 0. The molecule has 0 aromatic carbocycles. The Balaban J connectivity index is 4.37. The second kappa shape index (κ2) is 65.1. The molecule has 1 unspecified atom stereocenters. The van der Waals surface area contributed by atoms with Gasteiger partial charge >= 0.3 is 17.9 Å². The Morgan fingerprint density at radius 1 is 0.286 bits per heavy atom. The Hall–Kier alpha value is -3.41. The smallest absolute Gasteiger partial charge is 0.309 e. The molecule has 1 atom stereocenters. The van der Waals surface area contributed by atoms with Crippen LogP contribution in [0.1, 0.15) is 329 Å². The molecule has 0 amide bonds. The third-order valence-corrected chi connectivity index (χ3v) is 14.4. The van der Waals surface area contributed by atoms with Gasteiger partial charge in [0.05, 0.1) is 6.42 Å². The maximum absolute atomic E-state index is 12.9. The first-order valence-electron chi connectivity index (χ1n) is 33.1. The minimum absolute atomic E-state index is 0.105. The third kappa shape index (κ3) is 63.3. The number of carbonyl (C=O) groups excluding carboxylic acids is 3. The summed E-state index contributed by atoms with van der Waals surface area (Å²) in [6.07, 6.45) is 86.3. The highest BCUT2D eigenvalue weighted by molar-refractivity contribution is 5.72. The zero-order valence-electron chi connectivity index (χ0n) is 51.0. The highest BCUT2D eigenvalue weighted by Crippen LogP contribution is 2.17. The van der Waals surface area contributed by atoms with Gasteiger partial charge in [0, 0.05) is 12.8 Å². The molecule has 0 bridgehead atoms. The fraction of sp³-hybridized carbons (Fsp3) is 0.761. The molecule has 0 aliphatic rings. The molecule has 0 heterocycles. The van der Waals surface area contributed by atoms with Crippen molar-refractivity contribution in [1.29, 1.82) is 0 Å². The fourth-order valence-electron chi connectivity index (χ4n) is 9.45. The Morgan fingerprint density at radius 2 is 0.558 bits per heavy atom. The average Bonchev–Trinajstić information content (AvgIpc) is 3.43. The normalized spacial score (nSPS) is 12.6. The summed E-state index contributed by atoms with van der Waals surface area (Å²) in [5, 5.41) is 0. The van der Waals surface area contributed by atoms with Gasteiger partial charge in [0.2, 0.25) is 0 Å². The number of allylic oxidation sites excluding steroid dienone is 13. The summed E-state index contributed by atoms with van der Waals surface area (Å²) in [5.74, 6) is -1.03. The molecule has 0 radical (unpaired) electrons. The quantitative estimate of drug-likeness (QED) is 0.0261. The maximum Gasteiger partial charge on any atom is 0.309 e. The van der Waals surface area contributed by atoms with E-state index in [0.717, 1.165) is 70.6 Å². The van der Waals surface area contributed by atoms with Crippen molar-refractivity contribution in [3.05, 3.63) is 85.1 Å². The van der Waals surface area contributed by atoms with Crippen LogP contribution in [0.4, 0.5) is 0 Å². The Morgan fingerprint density at radius 3 is 0.896 bits per heavy atom. The van der Waals surface area contributed by atoms with Crippen LogP contribution in [0.25, 0.3) is 0 Å². The molecule has 444 valence electrons. The predicted molar refractivity (Wildman–Crippen MR) is 334 cm³/mol. The molecule has 6 heteroatoms. The Bertz CT molecular complexity index is 1470. The van der Waals surface area contributed by atoms with Crippen molar-refractivity contribution >= 4 is 17.9 Å². The van der Waals surface area contributed by atoms with Crippen LogP contribution in [0.3, 0.4) is 0 Å². The van der Waals surface area contributed by atoms with Crippen LogP contribution in [-0.2, 0) is 28.6 Å². The standard InChI is InChI=1S/C71H124O6/c1-4-7-10-13-16-19-22-25-28-30-32-33-34-35-36-37-39-40-43-46-49-52-55-58-61-64-70(73)76-67-68(66-75-69(72)63-60-57-54-51-48-45-42-27-24-21-18-15-12-9-6-3)77-71(74)65-62-59-56-53-50-47-44-41-38-31-29-26-23-20-17-14-11-8-5-2/h9,12,18,21,26-27,29-30,32,42,48,51,57,60,68H,4-8,10-11,13-17,19-20,22-25,28,31,33-41,43-47,49-50,52-56,58-59,61-67H2,1-3H3/b12-9-,21-18-,29-26-,32-30-,42-27-,51-48-,60-57-. The molecule has 0 N–H and O–H groups in total. The van der Waals surface area contributed by atoms with E-state index in [4.69, 9.17) is 14.2 Å². The number of hydrogen-bond acceptors (Lipinski definition) is 6. The summed E-state index contributed by atoms with van der Waals surface area (Å²) in [7, 11) is 0. The van der Waals surface area contributed by atoms with Crippen LogP contribution < -0.4 is 0 Å². The van der Waals surface area contributed by atoms with Crippen molar-refractivity contribution in [2.24, 2.45) is 0 Å². The predicted octanol–water partition coefficient (Wildman–Crippen LogP) is 22.7. The van der Waals surface area contributed by atoms with Gasteiger partial charge in [-0.3, -0.25) is 14.4 Å². The molecule has 0 rings (SSSR count). The van der Waals surface area contributed by atoms with E-state index in [0.29, 0.717) is 12.8 Å². The summed E-state index contributed by atoms with van der Waals surface area (Å²) in [6, 6.07) is 0. The van der Waals surface area contributed by atoms with Crippen molar-refractivity contribution in [2.75, 3.05) is 13.2 Å². The summed E-state index contributed by atoms with van der Waals surface area (Å²) in [5.41, 5.74) is 0. The number of unbranched alkanes of at least 4 members (excludes halogenated alkanes) is 36. The highest BCUT2D eigenvalue weighted by atomic mass is 16.6. The first-order chi connectivity index (χ1) is 38.0. The van der Waals surface area contributed by atoms with Crippen LogP contribution in [-0.4, -0.2) is 37.2 Å². The van der Waals surface area contributed by atoms with Crippen molar-refractivity contribution in [3.8, 4) is 0 Å². The first-order valence-corrected chi connectivity index (χ1v) is 33.1. The lowest BCUT2D eigenvalue weighted by molar-refractivity contribution is -0.166. The molecular weight excluding hydrogens is 949 g/mol. The van der Waals surface area contributed by atoms with Gasteiger partial charge in [-0.15, -0.1) is 0 Å². The van der Waals surface area contributed by atoms with Crippen molar-refractivity contribution < 1.29 is 28.6 Å². The van der Waals surface area contributed by atoms with E-state index in [1.165, 1.54) is 218 Å². The number of hydrogen-bond donors (Lipinski definition) is 0. The number of carbonyl (C=O) groups is 3. The first kappa shape index (κ1) is 73.6. The zero-order chi connectivity index (χ0) is 55.7. The second-order valence-corrected chi connectivity index (χ2v) is 22.0. The molecule has 0 saturated carbocycles. The molecule has 0 aromatic heterocycles. The number of rotatable bonds is 60. The summed E-state index contributed by atoms with van der Waals surface area (Å²) in [4.78, 5) is 38.3. The van der Waals surface area contributed by atoms with E-state index < -0.39 is 12.1 Å². The molecule has 6 nitrogen and oxygen atoms in total. The van der Waals surface area contributed by atoms with Gasteiger partial charge < -0.3 is 14.2 Å². The van der Waals surface area contributed by atoms with E-state index in [2.05, 4.69) is 93.7 Å². The highest BCUT2D eigenvalue weighted by Gasteiger charge is 2.19. The SMILES string of the molecule is CC/C=C\C/C=C\C/C=C\C/C=C\C/C=C\CC(=O)OCC(COC(=O)CCCCCCCCCCCCCCC/C=C\CCCCCCCCCC)OC(=O)CCCCCCCCCCC/C=C\CCCCCCCC. The Labute approximate surface area is 477 Å². The van der Waals surface area contributed by atoms with Crippen LogP contribution in [0.5, 0.6) is 0 Å². The average molecular weight is 1070 g/mol. The lowest BCUT2D eigenvalue weighted by Crippen LogP contribution is -2.30. The molecule has 0 saturated heterocycles. The van der Waals surface area contributed by atoms with Gasteiger partial charge in [-0.2, -0.15) is 0 Å². The maximum atomic E-state index is 12.9. The van der Waals surface area contributed by atoms with Gasteiger partial charge in [0.1, 0.15) is 13.2 Å². The topological polar surface area (TPSA) is 78.9 Å². The van der Waals surface area contributed by atoms with Crippen LogP contribution in [0, 0.1) is 0 Å². The molecule has 0 aromatic rings. The molecule has 0 fully saturated rings. The van der Waals surface area contributed by atoms with Crippen LogP contribution in [0.15, 0.2) is 85.1 Å². The summed E-state index contributed by atoms with van der Waals surface area (Å²) in [6.45, 7) is 6.47. The van der Waals surface area contributed by atoms with E-state index in [-0.39, 0.29) is 31.6 Å². The fourth-order valence-corrected chi connectivity index (χ4v) is 9.45. The summed E-state index contributed by atoms with van der Waals surface area (Å²) < 4.78 is 16.8. The monoisotopic (exact) mass is 1070 g/mol. The van der Waals surface area contributed by atoms with Crippen molar-refractivity contribution in [3.63, 3.8) is 0 Å². The number of ether oxygens (including phenoxy) is 3. The van der Waals surface area contributed by atoms with Gasteiger partial charge in [-0.25, -0.2) is 0 Å². The minimum atomic E-state index is -0.818. The lowest BCUT2D eigenvalue weighted by atomic mass is 10.0. The van der Waals surface area contributed by atoms with Crippen molar-refractivity contribution in [2.45, 2.75) is 335 Å². The van der Waals surface area contributed by atoms with E-state index in [9.17, 15) is 14.4 Å². The largest absolute Gasteiger partial charge is 0.462 e.